The van der Waals surface area contributed by atoms with Gasteiger partial charge in [-0.1, -0.05) is 41.5 Å². The van der Waals surface area contributed by atoms with Gasteiger partial charge < -0.3 is 120 Å². The molecular weight excluding hydrogens is 1150 g/mol. The number of carbonyl (C=O) groups is 5. The number of rotatable bonds is 44. The summed E-state index contributed by atoms with van der Waals surface area (Å²) in [4.78, 5) is 64.6. The number of nitrogens with one attached hydrogen (secondary N) is 5. The first-order valence-electron chi connectivity index (χ1n) is 30.9. The largest absolute Gasteiger partial charge is 0.394 e. The van der Waals surface area contributed by atoms with E-state index >= 15 is 0 Å². The van der Waals surface area contributed by atoms with Crippen molar-refractivity contribution in [3.8, 4) is 0 Å². The first-order valence-corrected chi connectivity index (χ1v) is 30.9. The third kappa shape index (κ3) is 31.9. The Morgan fingerprint density at radius 2 is 0.736 bits per heavy atom. The van der Waals surface area contributed by atoms with Gasteiger partial charge in [-0.3, -0.25) is 24.0 Å². The predicted octanol–water partition coefficient (Wildman–Crippen LogP) is -2.38. The van der Waals surface area contributed by atoms with Gasteiger partial charge in [-0.25, -0.2) is 0 Å². The van der Waals surface area contributed by atoms with Crippen LogP contribution < -0.4 is 26.6 Å². The molecule has 3 heterocycles. The Bertz CT molecular complexity index is 1790. The lowest BCUT2D eigenvalue weighted by Gasteiger charge is -2.40. The van der Waals surface area contributed by atoms with Crippen LogP contribution in [0.3, 0.4) is 0 Å². The molecule has 0 aromatic rings. The van der Waals surface area contributed by atoms with Crippen LogP contribution in [0.2, 0.25) is 0 Å². The number of hydrogen-bond acceptors (Lipinski definition) is 24. The normalized spacial score (nSPS) is 28.0. The van der Waals surface area contributed by atoms with Gasteiger partial charge in [-0.15, -0.1) is 0 Å². The summed E-state index contributed by atoms with van der Waals surface area (Å²) in [5, 5.41) is 104. The Morgan fingerprint density at radius 1 is 0.425 bits per heavy atom. The molecule has 29 heteroatoms. The summed E-state index contributed by atoms with van der Waals surface area (Å²) in [5.41, 5.74) is -1.16. The molecule has 3 saturated heterocycles. The molecule has 29 nitrogen and oxygen atoms in total. The van der Waals surface area contributed by atoms with E-state index in [4.69, 9.17) is 47.4 Å². The Labute approximate surface area is 512 Å². The molecule has 6 unspecified atom stereocenters. The van der Waals surface area contributed by atoms with Crippen molar-refractivity contribution in [1.82, 2.24) is 26.6 Å². The van der Waals surface area contributed by atoms with Crippen LogP contribution in [0.4, 0.5) is 0 Å². The zero-order valence-corrected chi connectivity index (χ0v) is 52.4. The van der Waals surface area contributed by atoms with E-state index in [9.17, 15) is 69.9 Å². The average Bonchev–Trinajstić information content (AvgIpc) is 1.83. The first-order chi connectivity index (χ1) is 41.5. The average molecular weight is 1260 g/mol. The molecule has 0 aromatic carbocycles. The molecule has 0 saturated carbocycles. The SMILES string of the molecule is CC(C)C.COCCCNC(=O)CCCC(=O)NC(CCOCCC(=O)NCCCO[C@@H]1OC(CO)[C@H](O)[C@H](O)C1C)(CCOCCC(=O)NCCCO[C@@H]1OC(CO)[C@H](O)[C@H](O)C1C)COCCC(=O)NCCCO[C@@H]1OC(CO)[C@H](O)[C@H](O)C1C. The number of amides is 5. The molecular formula is C58H109N5O24. The molecule has 3 fully saturated rings. The zero-order valence-electron chi connectivity index (χ0n) is 52.4. The van der Waals surface area contributed by atoms with Crippen molar-refractivity contribution in [2.75, 3.05) is 119 Å². The van der Waals surface area contributed by atoms with E-state index in [1.807, 2.05) is 0 Å². The van der Waals surface area contributed by atoms with Gasteiger partial charge in [0.05, 0.1) is 89.9 Å². The molecule has 0 bridgehead atoms. The van der Waals surface area contributed by atoms with Gasteiger partial charge in [0.2, 0.25) is 29.5 Å². The predicted molar refractivity (Wildman–Crippen MR) is 312 cm³/mol. The maximum atomic E-state index is 13.7. The Balaban J connectivity index is 0.00000624. The molecule has 0 aromatic heterocycles. The highest BCUT2D eigenvalue weighted by Gasteiger charge is 2.45. The summed E-state index contributed by atoms with van der Waals surface area (Å²) in [6.07, 6.45) is -10.5. The van der Waals surface area contributed by atoms with E-state index in [0.29, 0.717) is 38.8 Å². The van der Waals surface area contributed by atoms with Crippen LogP contribution in [0.25, 0.3) is 0 Å². The maximum absolute atomic E-state index is 13.7. The van der Waals surface area contributed by atoms with Crippen LogP contribution in [-0.4, -0.2) is 274 Å². The van der Waals surface area contributed by atoms with E-state index in [2.05, 4.69) is 47.4 Å². The van der Waals surface area contributed by atoms with Gasteiger partial charge in [-0.2, -0.15) is 0 Å². The Hall–Kier alpha value is -3.41. The van der Waals surface area contributed by atoms with E-state index in [-0.39, 0.29) is 154 Å². The highest BCUT2D eigenvalue weighted by molar-refractivity contribution is 5.79. The van der Waals surface area contributed by atoms with E-state index in [1.54, 1.807) is 27.9 Å². The molecule has 0 aliphatic carbocycles. The first kappa shape index (κ1) is 79.7. The van der Waals surface area contributed by atoms with Gasteiger partial charge in [0.25, 0.3) is 0 Å². The Morgan fingerprint density at radius 3 is 1.07 bits per heavy atom. The molecule has 510 valence electrons. The molecule has 0 spiro atoms. The van der Waals surface area contributed by atoms with E-state index in [1.165, 1.54) is 0 Å². The fraction of sp³-hybridized carbons (Fsp3) is 0.914. The second kappa shape index (κ2) is 45.8. The van der Waals surface area contributed by atoms with Crippen LogP contribution in [0, 0.1) is 23.7 Å². The van der Waals surface area contributed by atoms with Gasteiger partial charge in [0, 0.05) is 103 Å². The number of aliphatic hydroxyl groups excluding tert-OH is 9. The third-order valence-corrected chi connectivity index (χ3v) is 14.6. The van der Waals surface area contributed by atoms with Crippen molar-refractivity contribution in [2.24, 2.45) is 23.7 Å². The van der Waals surface area contributed by atoms with Crippen molar-refractivity contribution in [1.29, 1.82) is 0 Å². The van der Waals surface area contributed by atoms with Crippen LogP contribution in [-0.2, 0) is 71.3 Å². The maximum Gasteiger partial charge on any atom is 0.222 e. The number of methoxy groups -OCH3 is 1. The lowest BCUT2D eigenvalue weighted by Crippen LogP contribution is -2.55. The van der Waals surface area contributed by atoms with Crippen LogP contribution in [0.15, 0.2) is 0 Å². The zero-order chi connectivity index (χ0) is 64.7. The molecule has 5 amide bonds. The van der Waals surface area contributed by atoms with E-state index in [0.717, 1.165) is 5.92 Å². The minimum atomic E-state index is -1.26. The lowest BCUT2D eigenvalue weighted by molar-refractivity contribution is -0.282. The second-order valence-corrected chi connectivity index (χ2v) is 23.1. The molecule has 87 heavy (non-hydrogen) atoms. The summed E-state index contributed by atoms with van der Waals surface area (Å²) in [7, 11) is 1.57. The number of aliphatic hydroxyl groups is 9. The minimum Gasteiger partial charge on any atom is -0.394 e. The monoisotopic (exact) mass is 1260 g/mol. The van der Waals surface area contributed by atoms with Gasteiger partial charge in [0.1, 0.15) is 36.6 Å². The minimum absolute atomic E-state index is 0.00598. The number of carbonyl (C=O) groups excluding carboxylic acids is 5. The number of hydrogen-bond donors (Lipinski definition) is 14. The lowest BCUT2D eigenvalue weighted by atomic mass is 9.92. The highest BCUT2D eigenvalue weighted by Crippen LogP contribution is 2.29. The molecule has 3 rings (SSSR count). The molecule has 15 atom stereocenters. The Kier molecular flexibility index (Phi) is 41.9. The van der Waals surface area contributed by atoms with Gasteiger partial charge in [-0.05, 0) is 50.9 Å². The standard InChI is InChI=1S/C54H99N5O24.C4H10/c1-34-45(68)48(71)37(30-60)81-51(34)78-22-7-18-56-41(64)12-25-75-28-15-54(59-44(67)11-5-10-40(63)55-17-6-21-74-4,33-77-27-14-43(66)58-20-9-24-80-53-36(3)47(70)50(73)39(32-62)83-53)16-29-76-26-13-42(65)57-19-8-23-79-52-35(2)46(69)49(72)38(31-61)82-52;1-4(2)3/h34-39,45-53,60-62,68-73H,5-33H2,1-4H3,(H,55,63)(H,56,64)(H,57,65)(H,58,66)(H,59,67);4H,1-3H3/t34?,35?,36?,37?,38?,39?,45-,46-,47-,48+,49+,50+,51-,52-,53-,54?;/m1./s1. The van der Waals surface area contributed by atoms with Crippen molar-refractivity contribution >= 4 is 29.5 Å². The summed E-state index contributed by atoms with van der Waals surface area (Å²) < 4.78 is 56.9. The fourth-order valence-corrected chi connectivity index (χ4v) is 9.23. The summed E-state index contributed by atoms with van der Waals surface area (Å²) >= 11 is 0. The van der Waals surface area contributed by atoms with Crippen molar-refractivity contribution in [3.63, 3.8) is 0 Å². The van der Waals surface area contributed by atoms with Crippen molar-refractivity contribution < 1.29 is 117 Å². The molecule has 3 aliphatic rings. The van der Waals surface area contributed by atoms with Crippen molar-refractivity contribution in [3.05, 3.63) is 0 Å². The van der Waals surface area contributed by atoms with Crippen LogP contribution in [0.1, 0.15) is 119 Å². The van der Waals surface area contributed by atoms with Gasteiger partial charge >= 0.3 is 0 Å². The third-order valence-electron chi connectivity index (χ3n) is 14.6. The van der Waals surface area contributed by atoms with Crippen LogP contribution in [0.5, 0.6) is 0 Å². The molecule has 3 aliphatic heterocycles. The summed E-state index contributed by atoms with van der Waals surface area (Å²) in [6, 6.07) is 0. The van der Waals surface area contributed by atoms with E-state index < -0.39 is 123 Å². The van der Waals surface area contributed by atoms with Crippen LogP contribution >= 0.6 is 0 Å². The van der Waals surface area contributed by atoms with Gasteiger partial charge in [0.15, 0.2) is 18.9 Å². The quantitative estimate of drug-likeness (QED) is 0.0283. The second-order valence-electron chi connectivity index (χ2n) is 23.1. The fourth-order valence-electron chi connectivity index (χ4n) is 9.23. The molecule has 0 radical (unpaired) electrons. The summed E-state index contributed by atoms with van der Waals surface area (Å²) in [6.45, 7) is 12.0. The highest BCUT2D eigenvalue weighted by atomic mass is 16.7. The van der Waals surface area contributed by atoms with Crippen molar-refractivity contribution in [2.45, 2.75) is 198 Å². The topological polar surface area (TPSA) is 420 Å². The smallest absolute Gasteiger partial charge is 0.222 e. The molecule has 14 N–H and O–H groups in total. The summed E-state index contributed by atoms with van der Waals surface area (Å²) in [5.74, 6) is -2.41. The number of ether oxygens (including phenoxy) is 10.